The summed E-state index contributed by atoms with van der Waals surface area (Å²) in [6.07, 6.45) is 1.88. The molecule has 0 aromatic heterocycles. The maximum Gasteiger partial charge on any atom is 0.251 e. The minimum Gasteiger partial charge on any atom is -0.396 e. The number of aryl methyl sites for hydroxylation is 1. The SMILES string of the molecule is CC(C)C(CO)CCc1ccc(C#CC#Cc2ccc(C(=O)N[C@@H](CN)C(=O)CO)cc2)cc1. The summed E-state index contributed by atoms with van der Waals surface area (Å²) in [6.45, 7) is 3.72. The highest BCUT2D eigenvalue weighted by Crippen LogP contribution is 2.17. The van der Waals surface area contributed by atoms with E-state index in [4.69, 9.17) is 10.8 Å². The van der Waals surface area contributed by atoms with Gasteiger partial charge in [0.25, 0.3) is 5.91 Å². The quantitative estimate of drug-likeness (QED) is 0.405. The molecule has 1 unspecified atom stereocenters. The van der Waals surface area contributed by atoms with E-state index in [2.05, 4.69) is 55.0 Å². The van der Waals surface area contributed by atoms with Crippen LogP contribution in [-0.4, -0.2) is 47.7 Å². The second-order valence-corrected chi connectivity index (χ2v) is 8.39. The highest BCUT2D eigenvalue weighted by molar-refractivity contribution is 5.98. The van der Waals surface area contributed by atoms with Gasteiger partial charge in [0.15, 0.2) is 5.78 Å². The molecule has 0 heterocycles. The number of aliphatic hydroxyl groups is 2. The first-order valence-electron chi connectivity index (χ1n) is 11.3. The number of ketones is 1. The molecule has 34 heavy (non-hydrogen) atoms. The van der Waals surface area contributed by atoms with Gasteiger partial charge in [-0.2, -0.15) is 0 Å². The van der Waals surface area contributed by atoms with Gasteiger partial charge >= 0.3 is 0 Å². The van der Waals surface area contributed by atoms with Gasteiger partial charge in [-0.1, -0.05) is 37.8 Å². The fourth-order valence-electron chi connectivity index (χ4n) is 3.28. The fraction of sp³-hybridized carbons (Fsp3) is 0.357. The Morgan fingerprint density at radius 3 is 1.97 bits per heavy atom. The number of Topliss-reactive ketones (excluding diaryl/α,β-unsaturated/α-hetero) is 1. The van der Waals surface area contributed by atoms with Crippen LogP contribution in [0.4, 0.5) is 0 Å². The Bertz CT molecular complexity index is 1070. The van der Waals surface area contributed by atoms with Crippen LogP contribution in [0.2, 0.25) is 0 Å². The summed E-state index contributed by atoms with van der Waals surface area (Å²) in [5.41, 5.74) is 8.63. The van der Waals surface area contributed by atoms with Crippen molar-refractivity contribution in [1.82, 2.24) is 5.32 Å². The Hall–Kier alpha value is -3.42. The predicted octanol–water partition coefficient (Wildman–Crippen LogP) is 1.91. The lowest BCUT2D eigenvalue weighted by Crippen LogP contribution is -2.46. The van der Waals surface area contributed by atoms with Crippen LogP contribution in [0.3, 0.4) is 0 Å². The van der Waals surface area contributed by atoms with Crippen molar-refractivity contribution in [3.05, 3.63) is 70.8 Å². The molecule has 0 saturated heterocycles. The second kappa shape index (κ2) is 14.0. The molecule has 0 fully saturated rings. The van der Waals surface area contributed by atoms with E-state index in [9.17, 15) is 14.7 Å². The topological polar surface area (TPSA) is 113 Å². The fourth-order valence-corrected chi connectivity index (χ4v) is 3.28. The van der Waals surface area contributed by atoms with Gasteiger partial charge < -0.3 is 21.3 Å². The van der Waals surface area contributed by atoms with Crippen molar-refractivity contribution in [2.75, 3.05) is 19.8 Å². The number of aliphatic hydroxyl groups excluding tert-OH is 2. The number of hydrogen-bond acceptors (Lipinski definition) is 5. The average molecular weight is 461 g/mol. The Kier molecular flexibility index (Phi) is 11.0. The van der Waals surface area contributed by atoms with E-state index in [1.54, 1.807) is 24.3 Å². The van der Waals surface area contributed by atoms with Crippen molar-refractivity contribution in [1.29, 1.82) is 0 Å². The van der Waals surface area contributed by atoms with Crippen molar-refractivity contribution in [3.8, 4) is 23.7 Å². The van der Waals surface area contributed by atoms with Crippen LogP contribution in [-0.2, 0) is 11.2 Å². The van der Waals surface area contributed by atoms with Gasteiger partial charge in [0.2, 0.25) is 0 Å². The monoisotopic (exact) mass is 460 g/mol. The van der Waals surface area contributed by atoms with E-state index >= 15 is 0 Å². The Balaban J connectivity index is 1.92. The molecule has 2 atom stereocenters. The zero-order chi connectivity index (χ0) is 24.9. The molecule has 0 spiro atoms. The summed E-state index contributed by atoms with van der Waals surface area (Å²) >= 11 is 0. The van der Waals surface area contributed by atoms with Crippen molar-refractivity contribution in [2.45, 2.75) is 32.7 Å². The zero-order valence-electron chi connectivity index (χ0n) is 19.7. The molecular weight excluding hydrogens is 428 g/mol. The number of carbonyl (C=O) groups excluding carboxylic acids is 2. The first-order valence-corrected chi connectivity index (χ1v) is 11.3. The number of carbonyl (C=O) groups is 2. The smallest absolute Gasteiger partial charge is 0.251 e. The van der Waals surface area contributed by atoms with E-state index < -0.39 is 24.3 Å². The molecule has 0 radical (unpaired) electrons. The van der Waals surface area contributed by atoms with Crippen molar-refractivity contribution < 1.29 is 19.8 Å². The standard InChI is InChI=1S/C28H32N2O4/c1-20(2)25(18-31)16-13-23-9-7-21(8-10-23)5-3-4-6-22-11-14-24(15-12-22)28(34)30-26(17-29)27(33)19-32/h7-12,14-15,20,25-26,31-32H,13,16-19,29H2,1-2H3,(H,30,34)/t25?,26-/m0/s1. The van der Waals surface area contributed by atoms with Crippen LogP contribution >= 0.6 is 0 Å². The van der Waals surface area contributed by atoms with E-state index in [1.165, 1.54) is 5.56 Å². The molecule has 6 nitrogen and oxygen atoms in total. The molecule has 0 aliphatic carbocycles. The van der Waals surface area contributed by atoms with Crippen LogP contribution < -0.4 is 11.1 Å². The van der Waals surface area contributed by atoms with Crippen molar-refractivity contribution >= 4 is 11.7 Å². The minimum atomic E-state index is -0.918. The van der Waals surface area contributed by atoms with Gasteiger partial charge in [-0.15, -0.1) is 0 Å². The molecule has 178 valence electrons. The first kappa shape index (κ1) is 26.8. The summed E-state index contributed by atoms with van der Waals surface area (Å²) in [5, 5.41) is 20.9. The van der Waals surface area contributed by atoms with Gasteiger partial charge in [-0.05, 0) is 78.5 Å². The molecule has 0 aliphatic rings. The highest BCUT2D eigenvalue weighted by Gasteiger charge is 2.18. The summed E-state index contributed by atoms with van der Waals surface area (Å²) < 4.78 is 0. The third kappa shape index (κ3) is 8.50. The van der Waals surface area contributed by atoms with E-state index in [-0.39, 0.29) is 13.2 Å². The predicted molar refractivity (Wildman–Crippen MR) is 133 cm³/mol. The molecule has 2 aromatic carbocycles. The third-order valence-corrected chi connectivity index (χ3v) is 5.64. The molecule has 0 saturated carbocycles. The number of hydrogen-bond donors (Lipinski definition) is 4. The summed E-state index contributed by atoms with van der Waals surface area (Å²) in [7, 11) is 0. The van der Waals surface area contributed by atoms with Gasteiger partial charge in [0, 0.05) is 29.8 Å². The van der Waals surface area contributed by atoms with Crippen LogP contribution in [0.5, 0.6) is 0 Å². The van der Waals surface area contributed by atoms with E-state index in [0.29, 0.717) is 23.0 Å². The number of amides is 1. The van der Waals surface area contributed by atoms with E-state index in [1.807, 2.05) is 12.1 Å². The first-order chi connectivity index (χ1) is 16.4. The molecule has 2 rings (SSSR count). The molecule has 0 bridgehead atoms. The molecule has 0 aliphatic heterocycles. The van der Waals surface area contributed by atoms with Crippen molar-refractivity contribution in [2.24, 2.45) is 17.6 Å². The van der Waals surface area contributed by atoms with Crippen LogP contribution in [0.25, 0.3) is 0 Å². The molecule has 6 heteroatoms. The number of nitrogens with one attached hydrogen (secondary N) is 1. The number of benzene rings is 2. The van der Waals surface area contributed by atoms with Gasteiger partial charge in [0.1, 0.15) is 12.6 Å². The maximum absolute atomic E-state index is 12.2. The highest BCUT2D eigenvalue weighted by atomic mass is 16.3. The maximum atomic E-state index is 12.2. The Labute approximate surface area is 201 Å². The lowest BCUT2D eigenvalue weighted by molar-refractivity contribution is -0.123. The van der Waals surface area contributed by atoms with Gasteiger partial charge in [-0.25, -0.2) is 0 Å². The van der Waals surface area contributed by atoms with Crippen LogP contribution in [0, 0.1) is 35.5 Å². The average Bonchev–Trinajstić information content (AvgIpc) is 2.85. The van der Waals surface area contributed by atoms with Crippen LogP contribution in [0.1, 0.15) is 47.3 Å². The van der Waals surface area contributed by atoms with Gasteiger partial charge in [-0.3, -0.25) is 9.59 Å². The molecule has 5 N–H and O–H groups in total. The summed E-state index contributed by atoms with van der Waals surface area (Å²) in [6, 6.07) is 13.7. The number of rotatable bonds is 10. The van der Waals surface area contributed by atoms with Crippen LogP contribution in [0.15, 0.2) is 48.5 Å². The summed E-state index contributed by atoms with van der Waals surface area (Å²) in [4.78, 5) is 23.8. The molecule has 1 amide bonds. The molecular formula is C28H32N2O4. The normalized spacial score (nSPS) is 12.1. The largest absolute Gasteiger partial charge is 0.396 e. The zero-order valence-corrected chi connectivity index (χ0v) is 19.7. The third-order valence-electron chi connectivity index (χ3n) is 5.64. The van der Waals surface area contributed by atoms with E-state index in [0.717, 1.165) is 18.4 Å². The summed E-state index contributed by atoms with van der Waals surface area (Å²) in [5.74, 6) is 11.4. The second-order valence-electron chi connectivity index (χ2n) is 8.39. The Morgan fingerprint density at radius 2 is 1.50 bits per heavy atom. The number of nitrogens with two attached hydrogens (primary N) is 1. The minimum absolute atomic E-state index is 0.0849. The van der Waals surface area contributed by atoms with Gasteiger partial charge in [0.05, 0.1) is 0 Å². The lowest BCUT2D eigenvalue weighted by Gasteiger charge is -2.17. The van der Waals surface area contributed by atoms with Crippen molar-refractivity contribution in [3.63, 3.8) is 0 Å². The molecule has 2 aromatic rings. The Morgan fingerprint density at radius 1 is 0.941 bits per heavy atom. The lowest BCUT2D eigenvalue weighted by atomic mass is 9.90.